The molecule has 1 saturated carbocycles. The summed E-state index contributed by atoms with van der Waals surface area (Å²) in [7, 11) is 0. The first-order valence-electron chi connectivity index (χ1n) is 10.3. The van der Waals surface area contributed by atoms with E-state index in [0.717, 1.165) is 25.9 Å². The highest BCUT2D eigenvalue weighted by molar-refractivity contribution is 5.82. The predicted molar refractivity (Wildman–Crippen MR) is 109 cm³/mol. The minimum atomic E-state index is 0.155. The second kappa shape index (κ2) is 8.54. The van der Waals surface area contributed by atoms with Crippen LogP contribution in [0.3, 0.4) is 0 Å². The number of hydrogen-bond acceptors (Lipinski definition) is 2. The van der Waals surface area contributed by atoms with E-state index in [-0.39, 0.29) is 24.0 Å². The largest absolute Gasteiger partial charge is 0.396 e. The molecule has 1 fully saturated rings. The third-order valence-corrected chi connectivity index (χ3v) is 6.25. The second-order valence-corrected chi connectivity index (χ2v) is 8.65. The molecule has 0 amide bonds. The SMILES string of the molecule is CCCOC1C(CO)C(CCc2ccc3ccccc3c2)CCC1(C)C. The van der Waals surface area contributed by atoms with Crippen molar-refractivity contribution >= 4 is 10.8 Å². The number of rotatable bonds is 7. The number of aliphatic hydroxyl groups excluding tert-OH is 1. The summed E-state index contributed by atoms with van der Waals surface area (Å²) < 4.78 is 6.23. The Kier molecular flexibility index (Phi) is 6.37. The van der Waals surface area contributed by atoms with Crippen molar-refractivity contribution < 1.29 is 9.84 Å². The van der Waals surface area contributed by atoms with Crippen molar-refractivity contribution in [1.29, 1.82) is 0 Å². The summed E-state index contributed by atoms with van der Waals surface area (Å²) in [6, 6.07) is 15.4. The van der Waals surface area contributed by atoms with Gasteiger partial charge in [0, 0.05) is 19.1 Å². The van der Waals surface area contributed by atoms with Gasteiger partial charge in [0.15, 0.2) is 0 Å². The Labute approximate surface area is 158 Å². The van der Waals surface area contributed by atoms with Crippen LogP contribution < -0.4 is 0 Å². The number of fused-ring (bicyclic) bond motifs is 1. The van der Waals surface area contributed by atoms with Gasteiger partial charge < -0.3 is 9.84 Å². The smallest absolute Gasteiger partial charge is 0.0678 e. The molecule has 0 bridgehead atoms. The van der Waals surface area contributed by atoms with E-state index in [4.69, 9.17) is 4.74 Å². The van der Waals surface area contributed by atoms with E-state index in [1.807, 2.05) is 0 Å². The fourth-order valence-electron chi connectivity index (χ4n) is 4.68. The molecular weight excluding hydrogens is 320 g/mol. The van der Waals surface area contributed by atoms with E-state index in [9.17, 15) is 5.11 Å². The summed E-state index contributed by atoms with van der Waals surface area (Å²) >= 11 is 0. The molecule has 3 atom stereocenters. The van der Waals surface area contributed by atoms with Gasteiger partial charge in [0.05, 0.1) is 6.10 Å². The Bertz CT molecular complexity index is 706. The van der Waals surface area contributed by atoms with Gasteiger partial charge in [-0.1, -0.05) is 63.2 Å². The first-order chi connectivity index (χ1) is 12.5. The quantitative estimate of drug-likeness (QED) is 0.700. The third-order valence-electron chi connectivity index (χ3n) is 6.25. The van der Waals surface area contributed by atoms with Crippen molar-refractivity contribution in [3.8, 4) is 0 Å². The van der Waals surface area contributed by atoms with Crippen LogP contribution in [0, 0.1) is 17.3 Å². The van der Waals surface area contributed by atoms with Crippen LogP contribution >= 0.6 is 0 Å². The topological polar surface area (TPSA) is 29.5 Å². The standard InChI is InChI=1S/C24H34O2/c1-4-15-26-23-22(17-25)20(13-14-24(23,2)3)12-10-18-9-11-19-7-5-6-8-21(19)16-18/h5-9,11,16,20,22-23,25H,4,10,12-15,17H2,1-3H3. The van der Waals surface area contributed by atoms with Crippen LogP contribution in [0.1, 0.15) is 52.0 Å². The van der Waals surface area contributed by atoms with Crippen molar-refractivity contribution in [3.63, 3.8) is 0 Å². The fourth-order valence-corrected chi connectivity index (χ4v) is 4.68. The van der Waals surface area contributed by atoms with Gasteiger partial charge in [-0.2, -0.15) is 0 Å². The van der Waals surface area contributed by atoms with Gasteiger partial charge in [-0.3, -0.25) is 0 Å². The molecule has 3 rings (SSSR count). The highest BCUT2D eigenvalue weighted by Gasteiger charge is 2.44. The average Bonchev–Trinajstić information content (AvgIpc) is 2.65. The molecule has 2 aromatic carbocycles. The maximum absolute atomic E-state index is 10.1. The number of benzene rings is 2. The molecular formula is C24H34O2. The lowest BCUT2D eigenvalue weighted by Crippen LogP contribution is -2.47. The molecule has 142 valence electrons. The number of hydrogen-bond donors (Lipinski definition) is 1. The summed E-state index contributed by atoms with van der Waals surface area (Å²) in [5.41, 5.74) is 1.55. The molecule has 0 spiro atoms. The lowest BCUT2D eigenvalue weighted by Gasteiger charge is -2.47. The van der Waals surface area contributed by atoms with Crippen molar-refractivity contribution in [1.82, 2.24) is 0 Å². The van der Waals surface area contributed by atoms with E-state index in [1.54, 1.807) is 0 Å². The highest BCUT2D eigenvalue weighted by atomic mass is 16.5. The monoisotopic (exact) mass is 354 g/mol. The first kappa shape index (κ1) is 19.4. The van der Waals surface area contributed by atoms with E-state index in [1.165, 1.54) is 29.2 Å². The molecule has 1 aliphatic carbocycles. The maximum atomic E-state index is 10.1. The number of aliphatic hydroxyl groups is 1. The first-order valence-corrected chi connectivity index (χ1v) is 10.3. The van der Waals surface area contributed by atoms with Crippen LogP contribution in [0.25, 0.3) is 10.8 Å². The van der Waals surface area contributed by atoms with Gasteiger partial charge in [-0.25, -0.2) is 0 Å². The minimum absolute atomic E-state index is 0.155. The molecule has 0 aromatic heterocycles. The molecule has 1 aliphatic rings. The molecule has 0 saturated heterocycles. The van der Waals surface area contributed by atoms with Crippen LogP contribution in [-0.4, -0.2) is 24.4 Å². The summed E-state index contributed by atoms with van der Waals surface area (Å²) in [5.74, 6) is 0.798. The predicted octanol–water partition coefficient (Wildman–Crippen LogP) is 5.61. The zero-order valence-corrected chi connectivity index (χ0v) is 16.6. The van der Waals surface area contributed by atoms with Crippen molar-refractivity contribution in [2.45, 2.75) is 59.0 Å². The zero-order valence-electron chi connectivity index (χ0n) is 16.6. The van der Waals surface area contributed by atoms with Crippen LogP contribution in [0.4, 0.5) is 0 Å². The summed E-state index contributed by atoms with van der Waals surface area (Å²) in [5, 5.41) is 12.7. The normalized spacial score (nSPS) is 25.5. The van der Waals surface area contributed by atoms with E-state index in [2.05, 4.69) is 63.2 Å². The van der Waals surface area contributed by atoms with Gasteiger partial charge in [0.1, 0.15) is 0 Å². The second-order valence-electron chi connectivity index (χ2n) is 8.65. The summed E-state index contributed by atoms with van der Waals surface area (Å²) in [6.07, 6.45) is 5.78. The number of ether oxygens (including phenoxy) is 1. The van der Waals surface area contributed by atoms with Gasteiger partial charge >= 0.3 is 0 Å². The van der Waals surface area contributed by atoms with E-state index in [0.29, 0.717) is 5.92 Å². The van der Waals surface area contributed by atoms with Crippen molar-refractivity contribution in [2.24, 2.45) is 17.3 Å². The Morgan fingerprint density at radius 1 is 1.12 bits per heavy atom. The molecule has 0 heterocycles. The Morgan fingerprint density at radius 2 is 1.88 bits per heavy atom. The van der Waals surface area contributed by atoms with Gasteiger partial charge in [0.25, 0.3) is 0 Å². The molecule has 0 radical (unpaired) electrons. The lowest BCUT2D eigenvalue weighted by molar-refractivity contribution is -0.119. The molecule has 2 heteroatoms. The highest BCUT2D eigenvalue weighted by Crippen LogP contribution is 2.45. The van der Waals surface area contributed by atoms with Gasteiger partial charge in [-0.15, -0.1) is 0 Å². The summed E-state index contributed by atoms with van der Waals surface area (Å²) in [4.78, 5) is 0. The molecule has 26 heavy (non-hydrogen) atoms. The fraction of sp³-hybridized carbons (Fsp3) is 0.583. The zero-order chi connectivity index (χ0) is 18.6. The van der Waals surface area contributed by atoms with Crippen molar-refractivity contribution in [2.75, 3.05) is 13.2 Å². The van der Waals surface area contributed by atoms with E-state index < -0.39 is 0 Å². The minimum Gasteiger partial charge on any atom is -0.396 e. The molecule has 2 aromatic rings. The Balaban J connectivity index is 1.69. The summed E-state index contributed by atoms with van der Waals surface area (Å²) in [6.45, 7) is 7.79. The molecule has 2 nitrogen and oxygen atoms in total. The average molecular weight is 355 g/mol. The van der Waals surface area contributed by atoms with Crippen LogP contribution in [0.15, 0.2) is 42.5 Å². The lowest BCUT2D eigenvalue weighted by atomic mass is 9.64. The van der Waals surface area contributed by atoms with Crippen LogP contribution in [0.2, 0.25) is 0 Å². The maximum Gasteiger partial charge on any atom is 0.0678 e. The molecule has 3 unspecified atom stereocenters. The van der Waals surface area contributed by atoms with E-state index >= 15 is 0 Å². The molecule has 0 aliphatic heterocycles. The third kappa shape index (κ3) is 4.29. The Morgan fingerprint density at radius 3 is 2.62 bits per heavy atom. The van der Waals surface area contributed by atoms with Gasteiger partial charge in [0.2, 0.25) is 0 Å². The Hall–Kier alpha value is -1.38. The van der Waals surface area contributed by atoms with Crippen LogP contribution in [0.5, 0.6) is 0 Å². The molecule has 1 N–H and O–H groups in total. The van der Waals surface area contributed by atoms with Crippen molar-refractivity contribution in [3.05, 3.63) is 48.0 Å². The van der Waals surface area contributed by atoms with Gasteiger partial charge in [-0.05, 0) is 59.8 Å². The number of aryl methyl sites for hydroxylation is 1. The van der Waals surface area contributed by atoms with Crippen LogP contribution in [-0.2, 0) is 11.2 Å².